The standard InChI is InChI=1S/C24H31N3O2/c25-24(28)20-9-11-23(26-16-20)29-22-10-8-19-12-14-27(17-21(19)15-22)13-4-7-18-5-2-1-3-6-18/h8-11,15-16,18H,1-7,12-14,17H2,(H2,25,28). The first kappa shape index (κ1) is 19.9. The summed E-state index contributed by atoms with van der Waals surface area (Å²) in [6.45, 7) is 3.33. The monoisotopic (exact) mass is 393 g/mol. The van der Waals surface area contributed by atoms with E-state index in [1.165, 1.54) is 68.8 Å². The highest BCUT2D eigenvalue weighted by atomic mass is 16.5. The van der Waals surface area contributed by atoms with E-state index in [0.717, 1.165) is 31.2 Å². The number of fused-ring (bicyclic) bond motifs is 1. The molecule has 1 fully saturated rings. The predicted molar refractivity (Wildman–Crippen MR) is 114 cm³/mol. The van der Waals surface area contributed by atoms with Gasteiger partial charge in [0.25, 0.3) is 0 Å². The molecule has 5 heteroatoms. The normalized spacial score (nSPS) is 17.7. The van der Waals surface area contributed by atoms with Crippen LogP contribution < -0.4 is 10.5 Å². The Hall–Kier alpha value is -2.40. The minimum Gasteiger partial charge on any atom is -0.439 e. The van der Waals surface area contributed by atoms with Crippen molar-refractivity contribution in [3.8, 4) is 11.6 Å². The first-order valence-corrected chi connectivity index (χ1v) is 11.0. The van der Waals surface area contributed by atoms with Gasteiger partial charge in [0.15, 0.2) is 0 Å². The van der Waals surface area contributed by atoms with Crippen molar-refractivity contribution in [3.63, 3.8) is 0 Å². The zero-order valence-electron chi connectivity index (χ0n) is 17.1. The summed E-state index contributed by atoms with van der Waals surface area (Å²) in [4.78, 5) is 17.9. The van der Waals surface area contributed by atoms with Crippen LogP contribution in [-0.2, 0) is 13.0 Å². The zero-order valence-corrected chi connectivity index (χ0v) is 17.1. The van der Waals surface area contributed by atoms with Crippen molar-refractivity contribution < 1.29 is 9.53 Å². The highest BCUT2D eigenvalue weighted by Gasteiger charge is 2.18. The molecule has 2 aliphatic rings. The molecule has 5 nitrogen and oxygen atoms in total. The van der Waals surface area contributed by atoms with Gasteiger partial charge in [0, 0.05) is 25.4 Å². The van der Waals surface area contributed by atoms with Crippen molar-refractivity contribution in [1.82, 2.24) is 9.88 Å². The average molecular weight is 394 g/mol. The SMILES string of the molecule is NC(=O)c1ccc(Oc2ccc3c(c2)CN(CCCC2CCCCC2)CC3)nc1. The van der Waals surface area contributed by atoms with E-state index in [4.69, 9.17) is 10.5 Å². The van der Waals surface area contributed by atoms with Crippen molar-refractivity contribution in [2.45, 2.75) is 57.9 Å². The van der Waals surface area contributed by atoms with Crippen LogP contribution in [0.4, 0.5) is 0 Å². The van der Waals surface area contributed by atoms with Crippen LogP contribution >= 0.6 is 0 Å². The number of ether oxygens (including phenoxy) is 1. The highest BCUT2D eigenvalue weighted by molar-refractivity contribution is 5.92. The van der Waals surface area contributed by atoms with Crippen molar-refractivity contribution >= 4 is 5.91 Å². The van der Waals surface area contributed by atoms with Crippen LogP contribution in [0.15, 0.2) is 36.5 Å². The van der Waals surface area contributed by atoms with Gasteiger partial charge < -0.3 is 10.5 Å². The van der Waals surface area contributed by atoms with Crippen LogP contribution in [-0.4, -0.2) is 28.9 Å². The molecule has 1 aromatic carbocycles. The molecule has 2 aromatic rings. The molecule has 0 atom stereocenters. The van der Waals surface area contributed by atoms with E-state index in [9.17, 15) is 4.79 Å². The summed E-state index contributed by atoms with van der Waals surface area (Å²) in [5.41, 5.74) is 8.40. The molecule has 0 spiro atoms. The van der Waals surface area contributed by atoms with Crippen LogP contribution in [0, 0.1) is 5.92 Å². The van der Waals surface area contributed by atoms with Gasteiger partial charge in [-0.3, -0.25) is 9.69 Å². The third kappa shape index (κ3) is 5.36. The summed E-state index contributed by atoms with van der Waals surface area (Å²) in [6, 6.07) is 9.61. The van der Waals surface area contributed by atoms with Crippen LogP contribution in [0.1, 0.15) is 66.4 Å². The maximum Gasteiger partial charge on any atom is 0.250 e. The van der Waals surface area contributed by atoms with Gasteiger partial charge in [0.2, 0.25) is 11.8 Å². The molecule has 29 heavy (non-hydrogen) atoms. The molecule has 1 aromatic heterocycles. The fraction of sp³-hybridized carbons (Fsp3) is 0.500. The second-order valence-corrected chi connectivity index (χ2v) is 8.45. The van der Waals surface area contributed by atoms with Crippen molar-refractivity contribution in [2.75, 3.05) is 13.1 Å². The number of hydrogen-bond donors (Lipinski definition) is 1. The lowest BCUT2D eigenvalue weighted by Gasteiger charge is -2.30. The predicted octanol–water partition coefficient (Wildman–Crippen LogP) is 4.69. The molecule has 2 heterocycles. The Kier molecular flexibility index (Phi) is 6.45. The van der Waals surface area contributed by atoms with E-state index < -0.39 is 5.91 Å². The Balaban J connectivity index is 1.32. The molecule has 1 amide bonds. The maximum absolute atomic E-state index is 11.2. The Morgan fingerprint density at radius 2 is 2.00 bits per heavy atom. The fourth-order valence-corrected chi connectivity index (χ4v) is 4.63. The first-order chi connectivity index (χ1) is 14.2. The molecule has 0 radical (unpaired) electrons. The Morgan fingerprint density at radius 3 is 2.76 bits per heavy atom. The molecular formula is C24H31N3O2. The summed E-state index contributed by atoms with van der Waals surface area (Å²) in [7, 11) is 0. The number of nitrogens with zero attached hydrogens (tertiary/aromatic N) is 2. The minimum atomic E-state index is -0.485. The second-order valence-electron chi connectivity index (χ2n) is 8.45. The van der Waals surface area contributed by atoms with Crippen molar-refractivity contribution in [1.29, 1.82) is 0 Å². The number of aromatic nitrogens is 1. The van der Waals surface area contributed by atoms with E-state index in [1.54, 1.807) is 12.1 Å². The van der Waals surface area contributed by atoms with Gasteiger partial charge in [-0.25, -0.2) is 4.98 Å². The largest absolute Gasteiger partial charge is 0.439 e. The molecule has 1 aliphatic carbocycles. The van der Waals surface area contributed by atoms with Gasteiger partial charge in [-0.2, -0.15) is 0 Å². The zero-order chi connectivity index (χ0) is 20.1. The number of pyridine rings is 1. The molecule has 4 rings (SSSR count). The Bertz CT molecular complexity index is 829. The van der Waals surface area contributed by atoms with Gasteiger partial charge >= 0.3 is 0 Å². The van der Waals surface area contributed by atoms with Gasteiger partial charge in [-0.1, -0.05) is 38.2 Å². The van der Waals surface area contributed by atoms with Crippen molar-refractivity contribution in [2.24, 2.45) is 11.7 Å². The van der Waals surface area contributed by atoms with Crippen molar-refractivity contribution in [3.05, 3.63) is 53.2 Å². The molecular weight excluding hydrogens is 362 g/mol. The quantitative estimate of drug-likeness (QED) is 0.741. The lowest BCUT2D eigenvalue weighted by molar-refractivity contribution is 0.1000. The van der Waals surface area contributed by atoms with Gasteiger partial charge in [-0.15, -0.1) is 0 Å². The summed E-state index contributed by atoms with van der Waals surface area (Å²) < 4.78 is 5.89. The number of carbonyl (C=O) groups is 1. The molecule has 1 saturated carbocycles. The number of nitrogens with two attached hydrogens (primary N) is 1. The van der Waals surface area contributed by atoms with E-state index in [0.29, 0.717) is 11.4 Å². The highest BCUT2D eigenvalue weighted by Crippen LogP contribution is 2.29. The minimum absolute atomic E-state index is 0.381. The number of rotatable bonds is 7. The van der Waals surface area contributed by atoms with E-state index in [2.05, 4.69) is 22.0 Å². The van der Waals surface area contributed by atoms with Crippen LogP contribution in [0.5, 0.6) is 11.6 Å². The van der Waals surface area contributed by atoms with Crippen LogP contribution in [0.2, 0.25) is 0 Å². The second kappa shape index (κ2) is 9.40. The summed E-state index contributed by atoms with van der Waals surface area (Å²) in [5.74, 6) is 1.73. The Labute approximate surface area is 173 Å². The molecule has 154 valence electrons. The molecule has 0 saturated heterocycles. The summed E-state index contributed by atoms with van der Waals surface area (Å²) >= 11 is 0. The number of hydrogen-bond acceptors (Lipinski definition) is 4. The van der Waals surface area contributed by atoms with E-state index in [1.807, 2.05) is 6.07 Å². The number of primary amides is 1. The Morgan fingerprint density at radius 1 is 1.14 bits per heavy atom. The first-order valence-electron chi connectivity index (χ1n) is 11.0. The molecule has 1 aliphatic heterocycles. The van der Waals surface area contributed by atoms with E-state index in [-0.39, 0.29) is 0 Å². The average Bonchev–Trinajstić information content (AvgIpc) is 2.75. The lowest BCUT2D eigenvalue weighted by atomic mass is 9.86. The van der Waals surface area contributed by atoms with Crippen LogP contribution in [0.25, 0.3) is 0 Å². The topological polar surface area (TPSA) is 68.5 Å². The number of amides is 1. The third-order valence-electron chi connectivity index (χ3n) is 6.32. The third-order valence-corrected chi connectivity index (χ3v) is 6.32. The number of carbonyl (C=O) groups excluding carboxylic acids is 1. The summed E-state index contributed by atoms with van der Waals surface area (Å²) in [6.07, 6.45) is 12.4. The molecule has 0 unspecified atom stereocenters. The van der Waals surface area contributed by atoms with Crippen LogP contribution in [0.3, 0.4) is 0 Å². The maximum atomic E-state index is 11.2. The smallest absolute Gasteiger partial charge is 0.250 e. The summed E-state index contributed by atoms with van der Waals surface area (Å²) in [5, 5.41) is 0. The molecule has 0 bridgehead atoms. The molecule has 2 N–H and O–H groups in total. The van der Waals surface area contributed by atoms with Gasteiger partial charge in [0.1, 0.15) is 5.75 Å². The van der Waals surface area contributed by atoms with Gasteiger partial charge in [-0.05, 0) is 61.1 Å². The van der Waals surface area contributed by atoms with E-state index >= 15 is 0 Å². The fourth-order valence-electron chi connectivity index (χ4n) is 4.63. The number of benzene rings is 1. The lowest BCUT2D eigenvalue weighted by Crippen LogP contribution is -2.31. The van der Waals surface area contributed by atoms with Gasteiger partial charge in [0.05, 0.1) is 5.56 Å².